The minimum Gasteiger partial charge on any atom is -0.293 e. The fourth-order valence-electron chi connectivity index (χ4n) is 3.57. The van der Waals surface area contributed by atoms with E-state index in [2.05, 4.69) is 42.2 Å². The van der Waals surface area contributed by atoms with Crippen molar-refractivity contribution in [2.45, 2.75) is 32.2 Å². The quantitative estimate of drug-likeness (QED) is 0.771. The van der Waals surface area contributed by atoms with E-state index in [1.807, 2.05) is 30.3 Å². The molecule has 2 unspecified atom stereocenters. The molecule has 2 atom stereocenters. The molecule has 0 radical (unpaired) electrons. The molecule has 2 aromatic rings. The first-order valence-corrected chi connectivity index (χ1v) is 8.61. The van der Waals surface area contributed by atoms with Crippen LogP contribution < -0.4 is 0 Å². The smallest absolute Gasteiger partial charge is 0.179 e. The van der Waals surface area contributed by atoms with E-state index >= 15 is 0 Å². The van der Waals surface area contributed by atoms with Gasteiger partial charge in [-0.05, 0) is 44.2 Å². The first-order chi connectivity index (χ1) is 11.2. The highest BCUT2D eigenvalue weighted by Gasteiger charge is 2.27. The van der Waals surface area contributed by atoms with Crippen LogP contribution >= 0.6 is 0 Å². The fourth-order valence-corrected chi connectivity index (χ4v) is 3.57. The highest BCUT2D eigenvalue weighted by atomic mass is 16.1. The highest BCUT2D eigenvalue weighted by molar-refractivity contribution is 5.99. The molecule has 0 saturated carbocycles. The molecule has 1 aliphatic rings. The molecule has 2 heteroatoms. The Morgan fingerprint density at radius 1 is 1.09 bits per heavy atom. The topological polar surface area (TPSA) is 20.3 Å². The van der Waals surface area contributed by atoms with Gasteiger partial charge in [-0.25, -0.2) is 0 Å². The van der Waals surface area contributed by atoms with Crippen molar-refractivity contribution in [3.63, 3.8) is 0 Å². The van der Waals surface area contributed by atoms with Gasteiger partial charge in [0.2, 0.25) is 0 Å². The molecule has 0 N–H and O–H groups in total. The summed E-state index contributed by atoms with van der Waals surface area (Å²) in [6.45, 7) is 4.11. The highest BCUT2D eigenvalue weighted by Crippen LogP contribution is 2.23. The Kier molecular flexibility index (Phi) is 5.24. The monoisotopic (exact) mass is 307 g/mol. The van der Waals surface area contributed by atoms with Crippen molar-refractivity contribution in [1.82, 2.24) is 4.90 Å². The van der Waals surface area contributed by atoms with E-state index in [1.165, 1.54) is 18.4 Å². The van der Waals surface area contributed by atoms with Gasteiger partial charge in [0.15, 0.2) is 5.78 Å². The summed E-state index contributed by atoms with van der Waals surface area (Å²) in [5.41, 5.74) is 2.23. The minimum absolute atomic E-state index is 0.0315. The van der Waals surface area contributed by atoms with Crippen LogP contribution in [-0.4, -0.2) is 29.8 Å². The van der Waals surface area contributed by atoms with E-state index in [4.69, 9.17) is 0 Å². The lowest BCUT2D eigenvalue weighted by molar-refractivity contribution is 0.0753. The second kappa shape index (κ2) is 7.56. The molecule has 3 rings (SSSR count). The average Bonchev–Trinajstić information content (AvgIpc) is 2.62. The lowest BCUT2D eigenvalue weighted by Gasteiger charge is -2.36. The van der Waals surface area contributed by atoms with Gasteiger partial charge in [-0.15, -0.1) is 0 Å². The van der Waals surface area contributed by atoms with Crippen molar-refractivity contribution in [3.05, 3.63) is 71.8 Å². The zero-order valence-electron chi connectivity index (χ0n) is 13.8. The predicted molar refractivity (Wildman–Crippen MR) is 94.7 cm³/mol. The molecule has 2 nitrogen and oxygen atoms in total. The molecule has 2 aromatic carbocycles. The summed E-state index contributed by atoms with van der Waals surface area (Å²) in [4.78, 5) is 15.0. The molecule has 23 heavy (non-hydrogen) atoms. The first kappa shape index (κ1) is 15.9. The second-order valence-corrected chi connectivity index (χ2v) is 6.60. The maximum atomic E-state index is 12.7. The van der Waals surface area contributed by atoms with E-state index in [9.17, 15) is 4.79 Å². The Hall–Kier alpha value is -1.93. The van der Waals surface area contributed by atoms with Gasteiger partial charge in [0.1, 0.15) is 0 Å². The number of piperidine rings is 1. The Balaban J connectivity index is 1.62. The van der Waals surface area contributed by atoms with Gasteiger partial charge in [-0.2, -0.15) is 0 Å². The third kappa shape index (κ3) is 4.08. The molecule has 0 aromatic heterocycles. The van der Waals surface area contributed by atoms with Crippen molar-refractivity contribution >= 4 is 5.78 Å². The van der Waals surface area contributed by atoms with Crippen LogP contribution in [0.1, 0.15) is 35.7 Å². The number of benzene rings is 2. The summed E-state index contributed by atoms with van der Waals surface area (Å²) < 4.78 is 0. The number of carbonyl (C=O) groups is 1. The summed E-state index contributed by atoms with van der Waals surface area (Å²) in [6.07, 6.45) is 3.56. The van der Waals surface area contributed by atoms with E-state index in [1.54, 1.807) is 0 Å². The molecule has 0 spiro atoms. The van der Waals surface area contributed by atoms with Gasteiger partial charge in [0.05, 0.1) is 6.04 Å². The Morgan fingerprint density at radius 3 is 2.43 bits per heavy atom. The number of Topliss-reactive ketones (excluding diaryl/α,β-unsaturated/α-hetero) is 1. The summed E-state index contributed by atoms with van der Waals surface area (Å²) in [5.74, 6) is 0.892. The van der Waals surface area contributed by atoms with Crippen LogP contribution in [0.2, 0.25) is 0 Å². The van der Waals surface area contributed by atoms with Crippen molar-refractivity contribution in [2.75, 3.05) is 13.1 Å². The van der Waals surface area contributed by atoms with Gasteiger partial charge < -0.3 is 0 Å². The molecule has 1 aliphatic heterocycles. The van der Waals surface area contributed by atoms with Gasteiger partial charge in [-0.3, -0.25) is 9.69 Å². The summed E-state index contributed by atoms with van der Waals surface area (Å²) in [7, 11) is 0. The molecule has 1 fully saturated rings. The molecular weight excluding hydrogens is 282 g/mol. The van der Waals surface area contributed by atoms with Crippen LogP contribution in [0.25, 0.3) is 0 Å². The van der Waals surface area contributed by atoms with Crippen LogP contribution in [0.4, 0.5) is 0 Å². The third-order valence-corrected chi connectivity index (χ3v) is 4.90. The number of hydrogen-bond donors (Lipinski definition) is 0. The summed E-state index contributed by atoms with van der Waals surface area (Å²) >= 11 is 0. The van der Waals surface area contributed by atoms with E-state index in [0.29, 0.717) is 5.92 Å². The normalized spacial score (nSPS) is 20.1. The SMILES string of the molecule is CC(C(=O)c1ccccc1)N1CCCC(Cc2ccccc2)C1. The van der Waals surface area contributed by atoms with Gasteiger partial charge in [-0.1, -0.05) is 60.7 Å². The van der Waals surface area contributed by atoms with Crippen LogP contribution in [0.15, 0.2) is 60.7 Å². The maximum absolute atomic E-state index is 12.7. The number of carbonyl (C=O) groups excluding carboxylic acids is 1. The molecular formula is C21H25NO. The predicted octanol–water partition coefficient (Wildman–Crippen LogP) is 4.21. The molecule has 0 amide bonds. The van der Waals surface area contributed by atoms with E-state index in [-0.39, 0.29) is 11.8 Å². The van der Waals surface area contributed by atoms with Crippen molar-refractivity contribution in [2.24, 2.45) is 5.92 Å². The van der Waals surface area contributed by atoms with Crippen molar-refractivity contribution in [1.29, 1.82) is 0 Å². The van der Waals surface area contributed by atoms with Gasteiger partial charge in [0, 0.05) is 12.1 Å². The third-order valence-electron chi connectivity index (χ3n) is 4.90. The Morgan fingerprint density at radius 2 is 1.74 bits per heavy atom. The first-order valence-electron chi connectivity index (χ1n) is 8.61. The standard InChI is InChI=1S/C21H25NO/c1-17(21(23)20-12-6-3-7-13-20)22-14-8-11-19(16-22)15-18-9-4-2-5-10-18/h2-7,9-10,12-13,17,19H,8,11,14-16H2,1H3. The van der Waals surface area contributed by atoms with Gasteiger partial charge >= 0.3 is 0 Å². The summed E-state index contributed by atoms with van der Waals surface area (Å²) in [5, 5.41) is 0. The summed E-state index contributed by atoms with van der Waals surface area (Å²) in [6, 6.07) is 20.3. The van der Waals surface area contributed by atoms with Crippen LogP contribution in [-0.2, 0) is 6.42 Å². The lowest BCUT2D eigenvalue weighted by atomic mass is 9.90. The zero-order valence-corrected chi connectivity index (χ0v) is 13.8. The van der Waals surface area contributed by atoms with Crippen molar-refractivity contribution in [3.8, 4) is 0 Å². The molecule has 1 saturated heterocycles. The number of ketones is 1. The van der Waals surface area contributed by atoms with Crippen molar-refractivity contribution < 1.29 is 4.79 Å². The molecule has 0 aliphatic carbocycles. The zero-order chi connectivity index (χ0) is 16.1. The number of likely N-dealkylation sites (tertiary alicyclic amines) is 1. The Labute approximate surface area is 139 Å². The molecule has 0 bridgehead atoms. The number of nitrogens with zero attached hydrogens (tertiary/aromatic N) is 1. The maximum Gasteiger partial charge on any atom is 0.179 e. The van der Waals surface area contributed by atoms with E-state index in [0.717, 1.165) is 25.1 Å². The van der Waals surface area contributed by atoms with Crippen LogP contribution in [0.5, 0.6) is 0 Å². The number of hydrogen-bond acceptors (Lipinski definition) is 2. The molecule has 120 valence electrons. The van der Waals surface area contributed by atoms with Gasteiger partial charge in [0.25, 0.3) is 0 Å². The number of rotatable bonds is 5. The van der Waals surface area contributed by atoms with E-state index < -0.39 is 0 Å². The molecule has 1 heterocycles. The Bertz CT molecular complexity index is 623. The average molecular weight is 307 g/mol. The largest absolute Gasteiger partial charge is 0.293 e. The fraction of sp³-hybridized carbons (Fsp3) is 0.381. The van der Waals surface area contributed by atoms with Crippen LogP contribution in [0.3, 0.4) is 0 Å². The second-order valence-electron chi connectivity index (χ2n) is 6.60. The minimum atomic E-state index is -0.0315. The lowest BCUT2D eigenvalue weighted by Crippen LogP contribution is -2.45. The van der Waals surface area contributed by atoms with Crippen LogP contribution in [0, 0.1) is 5.92 Å².